The molecule has 0 fully saturated rings. The van der Waals surface area contributed by atoms with Gasteiger partial charge in [0.05, 0.1) is 6.20 Å². The number of benzene rings is 1. The maximum Gasteiger partial charge on any atom is 0.229 e. The van der Waals surface area contributed by atoms with Crippen LogP contribution in [0.4, 0.5) is 16.0 Å². The second-order valence-electron chi connectivity index (χ2n) is 5.45. The standard InChI is InChI=1S/C18H15FN6/c1-2-25-16(12-7-9-20-10-8-12)23-15-11-21-18(24-17(15)25)22-14-5-3-13(19)4-6-14/h3-11H,2H2,1H3,(H,21,22,24). The van der Waals surface area contributed by atoms with Crippen molar-refractivity contribution in [1.82, 2.24) is 24.5 Å². The maximum atomic E-state index is 13.0. The van der Waals surface area contributed by atoms with Crippen LogP contribution in [0, 0.1) is 5.82 Å². The van der Waals surface area contributed by atoms with Crippen molar-refractivity contribution in [2.45, 2.75) is 13.5 Å². The first-order valence-corrected chi connectivity index (χ1v) is 7.91. The van der Waals surface area contributed by atoms with Crippen LogP contribution in [-0.4, -0.2) is 24.5 Å². The minimum absolute atomic E-state index is 0.284. The minimum Gasteiger partial charge on any atom is -0.324 e. The van der Waals surface area contributed by atoms with Gasteiger partial charge in [-0.3, -0.25) is 4.98 Å². The second kappa shape index (κ2) is 6.27. The van der Waals surface area contributed by atoms with Crippen molar-refractivity contribution in [2.75, 3.05) is 5.32 Å². The number of anilines is 2. The monoisotopic (exact) mass is 334 g/mol. The molecule has 1 aromatic carbocycles. The molecule has 3 heterocycles. The van der Waals surface area contributed by atoms with Crippen molar-refractivity contribution in [3.8, 4) is 11.4 Å². The molecule has 3 aromatic heterocycles. The number of hydrogen-bond acceptors (Lipinski definition) is 5. The minimum atomic E-state index is -0.284. The van der Waals surface area contributed by atoms with E-state index in [9.17, 15) is 4.39 Å². The lowest BCUT2D eigenvalue weighted by molar-refractivity contribution is 0.628. The molecule has 1 N–H and O–H groups in total. The smallest absolute Gasteiger partial charge is 0.229 e. The summed E-state index contributed by atoms with van der Waals surface area (Å²) in [6.45, 7) is 2.77. The van der Waals surface area contributed by atoms with E-state index in [-0.39, 0.29) is 5.82 Å². The van der Waals surface area contributed by atoms with Crippen LogP contribution < -0.4 is 5.32 Å². The number of nitrogens with one attached hydrogen (secondary N) is 1. The van der Waals surface area contributed by atoms with Gasteiger partial charge in [-0.05, 0) is 43.3 Å². The Morgan fingerprint density at radius 3 is 2.52 bits per heavy atom. The Balaban J connectivity index is 1.76. The molecular weight excluding hydrogens is 319 g/mol. The third-order valence-corrected chi connectivity index (χ3v) is 3.84. The Morgan fingerprint density at radius 2 is 1.80 bits per heavy atom. The molecule has 25 heavy (non-hydrogen) atoms. The van der Waals surface area contributed by atoms with E-state index in [0.29, 0.717) is 5.95 Å². The summed E-state index contributed by atoms with van der Waals surface area (Å²) in [4.78, 5) is 17.6. The summed E-state index contributed by atoms with van der Waals surface area (Å²) < 4.78 is 15.1. The van der Waals surface area contributed by atoms with Gasteiger partial charge in [0.15, 0.2) is 5.65 Å². The summed E-state index contributed by atoms with van der Waals surface area (Å²) in [6.07, 6.45) is 5.16. The fraction of sp³-hybridized carbons (Fsp3) is 0.111. The van der Waals surface area contributed by atoms with Crippen LogP contribution in [0.1, 0.15) is 6.92 Å². The molecule has 0 unspecified atom stereocenters. The van der Waals surface area contributed by atoms with Crippen molar-refractivity contribution in [2.24, 2.45) is 0 Å². The Morgan fingerprint density at radius 1 is 1.04 bits per heavy atom. The molecule has 0 saturated carbocycles. The van der Waals surface area contributed by atoms with Gasteiger partial charge in [0.1, 0.15) is 17.2 Å². The first kappa shape index (κ1) is 15.2. The highest BCUT2D eigenvalue weighted by Crippen LogP contribution is 2.24. The van der Waals surface area contributed by atoms with E-state index in [0.717, 1.165) is 34.8 Å². The van der Waals surface area contributed by atoms with E-state index < -0.39 is 0 Å². The highest BCUT2D eigenvalue weighted by molar-refractivity contribution is 5.77. The van der Waals surface area contributed by atoms with E-state index in [1.807, 2.05) is 23.6 Å². The van der Waals surface area contributed by atoms with Gasteiger partial charge < -0.3 is 9.88 Å². The molecule has 0 atom stereocenters. The Kier molecular flexibility index (Phi) is 3.81. The zero-order chi connectivity index (χ0) is 17.2. The maximum absolute atomic E-state index is 13.0. The van der Waals surface area contributed by atoms with Crippen molar-refractivity contribution in [1.29, 1.82) is 0 Å². The number of hydrogen-bond donors (Lipinski definition) is 1. The van der Waals surface area contributed by atoms with Crippen LogP contribution in [-0.2, 0) is 6.54 Å². The molecular formula is C18H15FN6. The van der Waals surface area contributed by atoms with E-state index in [2.05, 4.69) is 25.3 Å². The van der Waals surface area contributed by atoms with Crippen molar-refractivity contribution >= 4 is 22.8 Å². The lowest BCUT2D eigenvalue weighted by Crippen LogP contribution is -2.01. The van der Waals surface area contributed by atoms with Crippen LogP contribution in [0.3, 0.4) is 0 Å². The van der Waals surface area contributed by atoms with E-state index in [4.69, 9.17) is 0 Å². The van der Waals surface area contributed by atoms with Gasteiger partial charge >= 0.3 is 0 Å². The SMILES string of the molecule is CCn1c(-c2ccncc2)nc2cnc(Nc3ccc(F)cc3)nc21. The highest BCUT2D eigenvalue weighted by Gasteiger charge is 2.14. The number of pyridine rings is 1. The molecule has 0 aliphatic heterocycles. The predicted octanol–water partition coefficient (Wildman–Crippen LogP) is 3.79. The Hall–Kier alpha value is -3.35. The molecule has 0 amide bonds. The zero-order valence-electron chi connectivity index (χ0n) is 13.5. The number of aromatic nitrogens is 5. The van der Waals surface area contributed by atoms with Crippen molar-refractivity contribution < 1.29 is 4.39 Å². The number of nitrogens with zero attached hydrogens (tertiary/aromatic N) is 5. The van der Waals surface area contributed by atoms with E-state index in [1.165, 1.54) is 12.1 Å². The zero-order valence-corrected chi connectivity index (χ0v) is 13.5. The molecule has 0 aliphatic rings. The largest absolute Gasteiger partial charge is 0.324 e. The second-order valence-corrected chi connectivity index (χ2v) is 5.45. The summed E-state index contributed by atoms with van der Waals surface area (Å²) in [5.74, 6) is 0.982. The lowest BCUT2D eigenvalue weighted by atomic mass is 10.2. The average molecular weight is 334 g/mol. The molecule has 0 aliphatic carbocycles. The summed E-state index contributed by atoms with van der Waals surface area (Å²) in [5, 5.41) is 3.08. The molecule has 0 saturated heterocycles. The Bertz CT molecular complexity index is 1010. The van der Waals surface area contributed by atoms with Crippen LogP contribution in [0.2, 0.25) is 0 Å². The molecule has 4 aromatic rings. The fourth-order valence-corrected chi connectivity index (χ4v) is 2.66. The van der Waals surface area contributed by atoms with Gasteiger partial charge in [0, 0.05) is 30.2 Å². The molecule has 0 bridgehead atoms. The topological polar surface area (TPSA) is 68.5 Å². The summed E-state index contributed by atoms with van der Waals surface area (Å²) in [6, 6.07) is 9.89. The van der Waals surface area contributed by atoms with Crippen LogP contribution in [0.25, 0.3) is 22.6 Å². The summed E-state index contributed by atoms with van der Waals surface area (Å²) in [7, 11) is 0. The first-order chi connectivity index (χ1) is 12.2. The molecule has 7 heteroatoms. The molecule has 6 nitrogen and oxygen atoms in total. The van der Waals surface area contributed by atoms with Gasteiger partial charge in [-0.25, -0.2) is 14.4 Å². The molecule has 124 valence electrons. The van der Waals surface area contributed by atoms with Crippen molar-refractivity contribution in [3.05, 3.63) is 60.8 Å². The lowest BCUT2D eigenvalue weighted by Gasteiger charge is -2.07. The van der Waals surface area contributed by atoms with Gasteiger partial charge in [-0.2, -0.15) is 4.98 Å². The fourth-order valence-electron chi connectivity index (χ4n) is 2.66. The average Bonchev–Trinajstić information content (AvgIpc) is 3.02. The quantitative estimate of drug-likeness (QED) is 0.615. The van der Waals surface area contributed by atoms with Crippen LogP contribution in [0.5, 0.6) is 0 Å². The number of rotatable bonds is 4. The molecule has 0 radical (unpaired) electrons. The van der Waals surface area contributed by atoms with Crippen molar-refractivity contribution in [3.63, 3.8) is 0 Å². The van der Waals surface area contributed by atoms with Crippen LogP contribution >= 0.6 is 0 Å². The van der Waals surface area contributed by atoms with Gasteiger partial charge in [-0.1, -0.05) is 0 Å². The summed E-state index contributed by atoms with van der Waals surface area (Å²) >= 11 is 0. The Labute approximate surface area is 143 Å². The van der Waals surface area contributed by atoms with Gasteiger partial charge in [-0.15, -0.1) is 0 Å². The van der Waals surface area contributed by atoms with Gasteiger partial charge in [0.25, 0.3) is 0 Å². The third-order valence-electron chi connectivity index (χ3n) is 3.84. The first-order valence-electron chi connectivity index (χ1n) is 7.91. The van der Waals surface area contributed by atoms with Crippen LogP contribution in [0.15, 0.2) is 55.0 Å². The number of fused-ring (bicyclic) bond motifs is 1. The third kappa shape index (κ3) is 2.91. The van der Waals surface area contributed by atoms with Gasteiger partial charge in [0.2, 0.25) is 5.95 Å². The van der Waals surface area contributed by atoms with E-state index >= 15 is 0 Å². The van der Waals surface area contributed by atoms with E-state index in [1.54, 1.807) is 30.7 Å². The number of aryl methyl sites for hydroxylation is 1. The predicted molar refractivity (Wildman–Crippen MR) is 93.9 cm³/mol. The number of imidazole rings is 1. The molecule has 0 spiro atoms. The molecule has 4 rings (SSSR count). The normalized spacial score (nSPS) is 11.0. The number of halogens is 1. The highest BCUT2D eigenvalue weighted by atomic mass is 19.1. The summed E-state index contributed by atoms with van der Waals surface area (Å²) in [5.41, 5.74) is 3.16.